The molecule has 3 rings (SSSR count). The van der Waals surface area contributed by atoms with E-state index in [2.05, 4.69) is 22.0 Å². The first kappa shape index (κ1) is 16.9. The zero-order chi connectivity index (χ0) is 16.8. The maximum Gasteiger partial charge on any atom is 0.194 e. The number of phenolic OH excluding ortho intramolecular Hbond substituents is 1. The van der Waals surface area contributed by atoms with Crippen LogP contribution in [0.25, 0.3) is 0 Å². The van der Waals surface area contributed by atoms with E-state index in [-0.39, 0.29) is 6.10 Å². The monoisotopic (exact) mass is 332 g/mol. The van der Waals surface area contributed by atoms with Crippen molar-refractivity contribution in [3.63, 3.8) is 0 Å². The first-order chi connectivity index (χ1) is 11.8. The maximum absolute atomic E-state index is 10.0. The first-order valence-corrected chi connectivity index (χ1v) is 8.95. The normalized spacial score (nSPS) is 22.0. The van der Waals surface area contributed by atoms with Crippen LogP contribution in [0.2, 0.25) is 0 Å². The lowest BCUT2D eigenvalue weighted by atomic mass is 10.2. The lowest BCUT2D eigenvalue weighted by Crippen LogP contribution is -2.52. The topological polar surface area (TPSA) is 60.3 Å². The van der Waals surface area contributed by atoms with Crippen LogP contribution in [0.3, 0.4) is 0 Å². The van der Waals surface area contributed by atoms with Crippen molar-refractivity contribution in [2.45, 2.75) is 25.9 Å². The van der Waals surface area contributed by atoms with E-state index in [9.17, 15) is 5.11 Å². The number of hydrogen-bond acceptors (Lipinski definition) is 4. The van der Waals surface area contributed by atoms with Gasteiger partial charge in [-0.1, -0.05) is 12.1 Å². The van der Waals surface area contributed by atoms with Crippen molar-refractivity contribution in [2.24, 2.45) is 4.99 Å². The Kier molecular flexibility index (Phi) is 5.80. The average molecular weight is 332 g/mol. The zero-order valence-electron chi connectivity index (χ0n) is 14.4. The Balaban J connectivity index is 1.58. The Hall–Kier alpha value is -1.95. The zero-order valence-corrected chi connectivity index (χ0v) is 14.4. The standard InChI is InChI=1S/C18H28N4O2/c1-2-19-18(20-14-15-6-5-13-24-15)22-11-9-21(10-12-22)16-7-3-4-8-17(16)23/h3-4,7-8,15,23H,2,5-6,9-14H2,1H3,(H,19,20). The molecule has 24 heavy (non-hydrogen) atoms. The van der Waals surface area contributed by atoms with Crippen LogP contribution in [-0.4, -0.2) is 67.9 Å². The highest BCUT2D eigenvalue weighted by atomic mass is 16.5. The van der Waals surface area contributed by atoms with Gasteiger partial charge in [0, 0.05) is 39.3 Å². The summed E-state index contributed by atoms with van der Waals surface area (Å²) >= 11 is 0. The van der Waals surface area contributed by atoms with Crippen LogP contribution >= 0.6 is 0 Å². The third-order valence-corrected chi connectivity index (χ3v) is 4.61. The summed E-state index contributed by atoms with van der Waals surface area (Å²) in [6.07, 6.45) is 2.54. The molecule has 2 saturated heterocycles. The Morgan fingerprint density at radius 3 is 2.75 bits per heavy atom. The molecule has 0 amide bonds. The van der Waals surface area contributed by atoms with E-state index < -0.39 is 0 Å². The average Bonchev–Trinajstić information content (AvgIpc) is 3.13. The van der Waals surface area contributed by atoms with Crippen LogP contribution in [0.4, 0.5) is 5.69 Å². The van der Waals surface area contributed by atoms with Crippen LogP contribution in [0.1, 0.15) is 19.8 Å². The van der Waals surface area contributed by atoms with Gasteiger partial charge in [-0.15, -0.1) is 0 Å². The molecule has 2 N–H and O–H groups in total. The van der Waals surface area contributed by atoms with Crippen molar-refractivity contribution in [1.29, 1.82) is 0 Å². The summed E-state index contributed by atoms with van der Waals surface area (Å²) in [4.78, 5) is 9.31. The fourth-order valence-corrected chi connectivity index (χ4v) is 3.29. The number of para-hydroxylation sites is 2. The van der Waals surface area contributed by atoms with Crippen molar-refractivity contribution in [3.8, 4) is 5.75 Å². The number of guanidine groups is 1. The van der Waals surface area contributed by atoms with E-state index >= 15 is 0 Å². The van der Waals surface area contributed by atoms with Crippen LogP contribution in [0.15, 0.2) is 29.3 Å². The highest BCUT2D eigenvalue weighted by molar-refractivity contribution is 5.80. The molecule has 132 valence electrons. The molecule has 1 atom stereocenters. The maximum atomic E-state index is 10.0. The molecule has 0 aromatic heterocycles. The second-order valence-corrected chi connectivity index (χ2v) is 6.29. The molecule has 0 radical (unpaired) electrons. The molecule has 2 heterocycles. The molecule has 2 aliphatic rings. The largest absolute Gasteiger partial charge is 0.506 e. The molecule has 2 fully saturated rings. The van der Waals surface area contributed by atoms with Gasteiger partial charge in [0.1, 0.15) is 5.75 Å². The van der Waals surface area contributed by atoms with Crippen molar-refractivity contribution < 1.29 is 9.84 Å². The molecular formula is C18H28N4O2. The number of nitrogens with zero attached hydrogens (tertiary/aromatic N) is 3. The summed E-state index contributed by atoms with van der Waals surface area (Å²) in [5, 5.41) is 13.4. The fraction of sp³-hybridized carbons (Fsp3) is 0.611. The van der Waals surface area contributed by atoms with E-state index in [1.54, 1.807) is 6.07 Å². The van der Waals surface area contributed by atoms with Gasteiger partial charge in [-0.05, 0) is 31.9 Å². The molecule has 6 heteroatoms. The minimum absolute atomic E-state index is 0.279. The smallest absolute Gasteiger partial charge is 0.194 e. The Labute approximate surface area is 144 Å². The van der Waals surface area contributed by atoms with E-state index in [1.807, 2.05) is 18.2 Å². The number of aliphatic imine (C=N–C) groups is 1. The lowest BCUT2D eigenvalue weighted by molar-refractivity contribution is 0.117. The number of piperazine rings is 1. The first-order valence-electron chi connectivity index (χ1n) is 8.95. The van der Waals surface area contributed by atoms with Crippen molar-refractivity contribution in [2.75, 3.05) is 50.8 Å². The Bertz CT molecular complexity index is 550. The van der Waals surface area contributed by atoms with E-state index in [0.29, 0.717) is 5.75 Å². The second kappa shape index (κ2) is 8.24. The molecular weight excluding hydrogens is 304 g/mol. The number of ether oxygens (including phenoxy) is 1. The van der Waals surface area contributed by atoms with Gasteiger partial charge < -0.3 is 25.0 Å². The van der Waals surface area contributed by atoms with Gasteiger partial charge in [0.15, 0.2) is 5.96 Å². The minimum Gasteiger partial charge on any atom is -0.506 e. The summed E-state index contributed by atoms with van der Waals surface area (Å²) in [7, 11) is 0. The summed E-state index contributed by atoms with van der Waals surface area (Å²) in [5.41, 5.74) is 0.915. The summed E-state index contributed by atoms with van der Waals surface area (Å²) in [5.74, 6) is 1.33. The van der Waals surface area contributed by atoms with Gasteiger partial charge in [0.05, 0.1) is 18.3 Å². The highest BCUT2D eigenvalue weighted by Crippen LogP contribution is 2.27. The summed E-state index contributed by atoms with van der Waals surface area (Å²) in [6, 6.07) is 7.54. The van der Waals surface area contributed by atoms with Crippen LogP contribution < -0.4 is 10.2 Å². The number of aromatic hydroxyl groups is 1. The van der Waals surface area contributed by atoms with Crippen LogP contribution in [0.5, 0.6) is 5.75 Å². The van der Waals surface area contributed by atoms with Gasteiger partial charge in [-0.3, -0.25) is 4.99 Å². The van der Waals surface area contributed by atoms with Crippen molar-refractivity contribution in [3.05, 3.63) is 24.3 Å². The predicted octanol–water partition coefficient (Wildman–Crippen LogP) is 1.66. The number of nitrogens with one attached hydrogen (secondary N) is 1. The predicted molar refractivity (Wildman–Crippen MR) is 96.8 cm³/mol. The minimum atomic E-state index is 0.279. The van der Waals surface area contributed by atoms with Crippen molar-refractivity contribution >= 4 is 11.6 Å². The van der Waals surface area contributed by atoms with E-state index in [4.69, 9.17) is 9.73 Å². The molecule has 1 unspecified atom stereocenters. The lowest BCUT2D eigenvalue weighted by Gasteiger charge is -2.38. The van der Waals surface area contributed by atoms with Gasteiger partial charge in [0.2, 0.25) is 0 Å². The molecule has 0 aliphatic carbocycles. The molecule has 2 aliphatic heterocycles. The Morgan fingerprint density at radius 1 is 1.29 bits per heavy atom. The highest BCUT2D eigenvalue weighted by Gasteiger charge is 2.22. The van der Waals surface area contributed by atoms with Crippen molar-refractivity contribution in [1.82, 2.24) is 10.2 Å². The van der Waals surface area contributed by atoms with E-state index in [1.165, 1.54) is 0 Å². The number of hydrogen-bond donors (Lipinski definition) is 2. The third-order valence-electron chi connectivity index (χ3n) is 4.61. The summed E-state index contributed by atoms with van der Waals surface area (Å²) in [6.45, 7) is 8.11. The molecule has 6 nitrogen and oxygen atoms in total. The number of anilines is 1. The fourth-order valence-electron chi connectivity index (χ4n) is 3.29. The number of phenols is 1. The van der Waals surface area contributed by atoms with Gasteiger partial charge in [-0.2, -0.15) is 0 Å². The van der Waals surface area contributed by atoms with Gasteiger partial charge >= 0.3 is 0 Å². The van der Waals surface area contributed by atoms with E-state index in [0.717, 1.165) is 70.4 Å². The van der Waals surface area contributed by atoms with Crippen LogP contribution in [0, 0.1) is 0 Å². The molecule has 0 saturated carbocycles. The number of rotatable bonds is 4. The molecule has 1 aromatic rings. The van der Waals surface area contributed by atoms with Gasteiger partial charge in [-0.25, -0.2) is 0 Å². The second-order valence-electron chi connectivity index (χ2n) is 6.29. The Morgan fingerprint density at radius 2 is 2.08 bits per heavy atom. The summed E-state index contributed by atoms with van der Waals surface area (Å²) < 4.78 is 5.67. The molecule has 0 spiro atoms. The molecule has 1 aromatic carbocycles. The van der Waals surface area contributed by atoms with Crippen LogP contribution in [-0.2, 0) is 4.74 Å². The number of benzene rings is 1. The molecule has 0 bridgehead atoms. The van der Waals surface area contributed by atoms with Gasteiger partial charge in [0.25, 0.3) is 0 Å². The third kappa shape index (κ3) is 4.12. The SMILES string of the molecule is CCNC(=NCC1CCCO1)N1CCN(c2ccccc2O)CC1. The quantitative estimate of drug-likeness (QED) is 0.649.